The van der Waals surface area contributed by atoms with Crippen LogP contribution in [0, 0.1) is 6.92 Å². The number of hydrogen-bond acceptors (Lipinski definition) is 7. The lowest BCUT2D eigenvalue weighted by atomic mass is 10.2. The smallest absolute Gasteiger partial charge is 0.203 e. The Balaban J connectivity index is 1.76. The van der Waals surface area contributed by atoms with Crippen molar-refractivity contribution in [1.82, 2.24) is 4.98 Å². The lowest BCUT2D eigenvalue weighted by Crippen LogP contribution is -2.02. The van der Waals surface area contributed by atoms with Gasteiger partial charge in [0.25, 0.3) is 0 Å². The number of rotatable bonds is 8. The predicted molar refractivity (Wildman–Crippen MR) is 108 cm³/mol. The fraction of sp³-hybridized carbons (Fsp3) is 0.200. The molecule has 140 valence electrons. The predicted octanol–water partition coefficient (Wildman–Crippen LogP) is 4.49. The lowest BCUT2D eigenvalue weighted by molar-refractivity contribution is 0.283. The molecular formula is C20H21N3O3S. The Kier molecular flexibility index (Phi) is 6.27. The van der Waals surface area contributed by atoms with E-state index in [9.17, 15) is 0 Å². The minimum atomic E-state index is 0.386. The standard InChI is InChI=1S/C20H21N3O3S/c1-14-13-27-20(22-14)23-21-11-16-7-5-9-18(25-3)19(16)26-12-15-6-4-8-17(10-15)24-2/h4-11,13H,12H2,1-3H3,(H,22,23). The van der Waals surface area contributed by atoms with Crippen LogP contribution >= 0.6 is 11.3 Å². The second-order valence-corrected chi connectivity index (χ2v) is 6.54. The van der Waals surface area contributed by atoms with Gasteiger partial charge in [0.1, 0.15) is 12.4 Å². The van der Waals surface area contributed by atoms with Crippen LogP contribution in [0.2, 0.25) is 0 Å². The fourth-order valence-electron chi connectivity index (χ4n) is 2.43. The summed E-state index contributed by atoms with van der Waals surface area (Å²) in [5.74, 6) is 2.07. The molecule has 0 atom stereocenters. The molecule has 1 heterocycles. The Hall–Kier alpha value is -3.06. The molecule has 0 radical (unpaired) electrons. The first-order chi connectivity index (χ1) is 13.2. The number of nitrogens with one attached hydrogen (secondary N) is 1. The quantitative estimate of drug-likeness (QED) is 0.458. The van der Waals surface area contributed by atoms with Gasteiger partial charge in [-0.3, -0.25) is 5.43 Å². The average molecular weight is 383 g/mol. The van der Waals surface area contributed by atoms with Crippen LogP contribution in [0.25, 0.3) is 0 Å². The van der Waals surface area contributed by atoms with Crippen LogP contribution in [-0.4, -0.2) is 25.4 Å². The van der Waals surface area contributed by atoms with Crippen molar-refractivity contribution in [2.75, 3.05) is 19.6 Å². The van der Waals surface area contributed by atoms with Crippen LogP contribution < -0.4 is 19.6 Å². The van der Waals surface area contributed by atoms with Crippen molar-refractivity contribution in [3.8, 4) is 17.2 Å². The van der Waals surface area contributed by atoms with Crippen LogP contribution in [-0.2, 0) is 6.61 Å². The van der Waals surface area contributed by atoms with E-state index in [1.54, 1.807) is 20.4 Å². The molecule has 0 saturated carbocycles. The number of methoxy groups -OCH3 is 2. The SMILES string of the molecule is COc1cccc(COc2c(C=NNc3nc(C)cs3)cccc2OC)c1. The maximum atomic E-state index is 6.04. The number of thiazole rings is 1. The normalized spacial score (nSPS) is 10.8. The van der Waals surface area contributed by atoms with Gasteiger partial charge in [0, 0.05) is 10.9 Å². The van der Waals surface area contributed by atoms with Crippen molar-refractivity contribution >= 4 is 22.7 Å². The molecule has 0 spiro atoms. The molecule has 0 fully saturated rings. The molecule has 0 bridgehead atoms. The van der Waals surface area contributed by atoms with E-state index in [0.717, 1.165) is 27.7 Å². The van der Waals surface area contributed by atoms with E-state index in [1.807, 2.05) is 54.8 Å². The fourth-order valence-corrected chi connectivity index (χ4v) is 3.07. The Labute approximate surface area is 162 Å². The first kappa shape index (κ1) is 18.7. The van der Waals surface area contributed by atoms with Crippen LogP contribution in [0.15, 0.2) is 52.9 Å². The number of ether oxygens (including phenoxy) is 3. The van der Waals surface area contributed by atoms with Gasteiger partial charge >= 0.3 is 0 Å². The highest BCUT2D eigenvalue weighted by Gasteiger charge is 2.10. The third-order valence-electron chi connectivity index (χ3n) is 3.73. The van der Waals surface area contributed by atoms with Crippen molar-refractivity contribution in [1.29, 1.82) is 0 Å². The van der Waals surface area contributed by atoms with Gasteiger partial charge in [-0.2, -0.15) is 5.10 Å². The van der Waals surface area contributed by atoms with Crippen LogP contribution in [0.1, 0.15) is 16.8 Å². The third-order valence-corrected chi connectivity index (χ3v) is 4.59. The van der Waals surface area contributed by atoms with Crippen molar-refractivity contribution in [2.45, 2.75) is 13.5 Å². The number of para-hydroxylation sites is 1. The van der Waals surface area contributed by atoms with Gasteiger partial charge in [0.15, 0.2) is 11.5 Å². The lowest BCUT2D eigenvalue weighted by Gasteiger charge is -2.13. The van der Waals surface area contributed by atoms with Crippen molar-refractivity contribution in [3.63, 3.8) is 0 Å². The zero-order chi connectivity index (χ0) is 19.1. The highest BCUT2D eigenvalue weighted by molar-refractivity contribution is 7.13. The molecule has 0 unspecified atom stereocenters. The molecular weight excluding hydrogens is 362 g/mol. The number of nitrogens with zero attached hydrogens (tertiary/aromatic N) is 2. The number of hydrogen-bond donors (Lipinski definition) is 1. The van der Waals surface area contributed by atoms with E-state index in [4.69, 9.17) is 14.2 Å². The Morgan fingerprint density at radius 3 is 2.74 bits per heavy atom. The van der Waals surface area contributed by atoms with E-state index < -0.39 is 0 Å². The summed E-state index contributed by atoms with van der Waals surface area (Å²) < 4.78 is 16.7. The zero-order valence-corrected chi connectivity index (χ0v) is 16.2. The minimum absolute atomic E-state index is 0.386. The van der Waals surface area contributed by atoms with E-state index in [1.165, 1.54) is 11.3 Å². The largest absolute Gasteiger partial charge is 0.497 e. The Bertz CT molecular complexity index is 924. The molecule has 3 rings (SSSR count). The molecule has 27 heavy (non-hydrogen) atoms. The molecule has 3 aromatic rings. The Morgan fingerprint density at radius 1 is 1.15 bits per heavy atom. The molecule has 0 aliphatic rings. The second kappa shape index (κ2) is 9.05. The molecule has 0 saturated heterocycles. The summed E-state index contributed by atoms with van der Waals surface area (Å²) in [6.07, 6.45) is 1.69. The van der Waals surface area contributed by atoms with Gasteiger partial charge in [0.05, 0.1) is 26.1 Å². The zero-order valence-electron chi connectivity index (χ0n) is 15.4. The monoisotopic (exact) mass is 383 g/mol. The van der Waals surface area contributed by atoms with Gasteiger partial charge in [0.2, 0.25) is 5.13 Å². The van der Waals surface area contributed by atoms with E-state index >= 15 is 0 Å². The number of anilines is 1. The maximum Gasteiger partial charge on any atom is 0.203 e. The maximum absolute atomic E-state index is 6.04. The third kappa shape index (κ3) is 4.98. The first-order valence-corrected chi connectivity index (χ1v) is 9.21. The van der Waals surface area contributed by atoms with Gasteiger partial charge in [-0.05, 0) is 36.8 Å². The van der Waals surface area contributed by atoms with Crippen molar-refractivity contribution in [3.05, 3.63) is 64.7 Å². The highest BCUT2D eigenvalue weighted by Crippen LogP contribution is 2.31. The molecule has 0 amide bonds. The summed E-state index contributed by atoms with van der Waals surface area (Å²) in [5.41, 5.74) is 5.69. The summed E-state index contributed by atoms with van der Waals surface area (Å²) in [6.45, 7) is 2.33. The first-order valence-electron chi connectivity index (χ1n) is 8.33. The summed E-state index contributed by atoms with van der Waals surface area (Å²) in [7, 11) is 3.26. The van der Waals surface area contributed by atoms with Crippen molar-refractivity contribution < 1.29 is 14.2 Å². The molecule has 1 N–H and O–H groups in total. The number of benzene rings is 2. The van der Waals surface area contributed by atoms with Crippen LogP contribution in [0.4, 0.5) is 5.13 Å². The van der Waals surface area contributed by atoms with Gasteiger partial charge < -0.3 is 14.2 Å². The molecule has 2 aromatic carbocycles. The topological polar surface area (TPSA) is 65.0 Å². The molecule has 0 aliphatic heterocycles. The van der Waals surface area contributed by atoms with E-state index in [0.29, 0.717) is 18.1 Å². The van der Waals surface area contributed by atoms with Crippen LogP contribution in [0.5, 0.6) is 17.2 Å². The van der Waals surface area contributed by atoms with E-state index in [-0.39, 0.29) is 0 Å². The molecule has 7 heteroatoms. The summed E-state index contributed by atoms with van der Waals surface area (Å²) in [4.78, 5) is 4.32. The molecule has 1 aromatic heterocycles. The number of aryl methyl sites for hydroxylation is 1. The van der Waals surface area contributed by atoms with Crippen LogP contribution in [0.3, 0.4) is 0 Å². The second-order valence-electron chi connectivity index (χ2n) is 5.68. The highest BCUT2D eigenvalue weighted by atomic mass is 32.1. The van der Waals surface area contributed by atoms with Crippen molar-refractivity contribution in [2.24, 2.45) is 5.10 Å². The summed E-state index contributed by atoms with van der Waals surface area (Å²) in [6, 6.07) is 13.4. The number of hydrazone groups is 1. The van der Waals surface area contributed by atoms with E-state index in [2.05, 4.69) is 15.5 Å². The van der Waals surface area contributed by atoms with Gasteiger partial charge in [-0.15, -0.1) is 11.3 Å². The molecule has 0 aliphatic carbocycles. The Morgan fingerprint density at radius 2 is 2.00 bits per heavy atom. The molecule has 6 nitrogen and oxygen atoms in total. The average Bonchev–Trinajstić information content (AvgIpc) is 3.12. The summed E-state index contributed by atoms with van der Waals surface area (Å²) >= 11 is 1.50. The minimum Gasteiger partial charge on any atom is -0.497 e. The summed E-state index contributed by atoms with van der Waals surface area (Å²) in [5, 5.41) is 6.97. The van der Waals surface area contributed by atoms with Gasteiger partial charge in [-0.25, -0.2) is 4.98 Å². The van der Waals surface area contributed by atoms with Gasteiger partial charge in [-0.1, -0.05) is 18.2 Å². The number of aromatic nitrogens is 1.